The van der Waals surface area contributed by atoms with E-state index < -0.39 is 45.0 Å². The summed E-state index contributed by atoms with van der Waals surface area (Å²) in [5, 5.41) is 9.20. The zero-order valence-electron chi connectivity index (χ0n) is 10.5. The van der Waals surface area contributed by atoms with Crippen LogP contribution >= 0.6 is 0 Å². The van der Waals surface area contributed by atoms with Crippen molar-refractivity contribution in [2.24, 2.45) is 0 Å². The fraction of sp³-hybridized carbons (Fsp3) is 0.500. The lowest BCUT2D eigenvalue weighted by Crippen LogP contribution is -2.46. The van der Waals surface area contributed by atoms with E-state index in [2.05, 4.69) is 0 Å². The first kappa shape index (κ1) is 15.3. The van der Waals surface area contributed by atoms with Crippen molar-refractivity contribution in [3.05, 3.63) is 29.6 Å². The van der Waals surface area contributed by atoms with E-state index in [4.69, 9.17) is 0 Å². The van der Waals surface area contributed by atoms with Crippen LogP contribution in [0.25, 0.3) is 0 Å². The molecule has 1 heterocycles. The van der Waals surface area contributed by atoms with Crippen molar-refractivity contribution in [3.8, 4) is 0 Å². The van der Waals surface area contributed by atoms with Gasteiger partial charge >= 0.3 is 0 Å². The molecule has 1 unspecified atom stereocenters. The number of nitrogens with zero attached hydrogens (tertiary/aromatic N) is 1. The SMILES string of the molecule is O=S(=O)(c1c(F)cc(F)cc1F)N1CCCCC1CO. The van der Waals surface area contributed by atoms with E-state index in [1.165, 1.54) is 0 Å². The van der Waals surface area contributed by atoms with Crippen molar-refractivity contribution in [2.45, 2.75) is 30.2 Å². The average Bonchev–Trinajstić information content (AvgIpc) is 2.37. The van der Waals surface area contributed by atoms with Crippen LogP contribution in [0.4, 0.5) is 13.2 Å². The van der Waals surface area contributed by atoms with E-state index in [1.807, 2.05) is 0 Å². The summed E-state index contributed by atoms with van der Waals surface area (Å²) < 4.78 is 65.7. The molecule has 0 aromatic heterocycles. The molecule has 1 saturated heterocycles. The van der Waals surface area contributed by atoms with Gasteiger partial charge in [-0.3, -0.25) is 0 Å². The minimum atomic E-state index is -4.44. The van der Waals surface area contributed by atoms with Crippen LogP contribution in [0.15, 0.2) is 17.0 Å². The number of aliphatic hydroxyl groups excluding tert-OH is 1. The number of sulfonamides is 1. The Morgan fingerprint density at radius 1 is 1.20 bits per heavy atom. The van der Waals surface area contributed by atoms with Gasteiger partial charge in [0.25, 0.3) is 0 Å². The van der Waals surface area contributed by atoms with Gasteiger partial charge in [0.05, 0.1) is 6.61 Å². The topological polar surface area (TPSA) is 57.6 Å². The normalized spacial score (nSPS) is 21.1. The van der Waals surface area contributed by atoms with Crippen LogP contribution < -0.4 is 0 Å². The lowest BCUT2D eigenvalue weighted by atomic mass is 10.1. The highest BCUT2D eigenvalue weighted by Gasteiger charge is 2.37. The lowest BCUT2D eigenvalue weighted by Gasteiger charge is -2.33. The zero-order chi connectivity index (χ0) is 14.9. The van der Waals surface area contributed by atoms with E-state index in [1.54, 1.807) is 0 Å². The number of hydrogen-bond acceptors (Lipinski definition) is 3. The molecular weight excluding hydrogens is 295 g/mol. The highest BCUT2D eigenvalue weighted by Crippen LogP contribution is 2.28. The minimum Gasteiger partial charge on any atom is -0.395 e. The molecule has 1 fully saturated rings. The molecule has 0 spiro atoms. The Hall–Kier alpha value is -1.12. The standard InChI is InChI=1S/C12H14F3NO3S/c13-8-5-10(14)12(11(15)6-8)20(18,19)16-4-2-1-3-9(16)7-17/h5-6,9,17H,1-4,7H2. The predicted octanol–water partition coefficient (Wildman–Crippen LogP) is 1.64. The van der Waals surface area contributed by atoms with Crippen LogP contribution in [-0.4, -0.2) is 37.0 Å². The molecule has 20 heavy (non-hydrogen) atoms. The van der Waals surface area contributed by atoms with Gasteiger partial charge in [0.1, 0.15) is 17.5 Å². The first-order valence-electron chi connectivity index (χ1n) is 6.15. The number of aliphatic hydroxyl groups is 1. The highest BCUT2D eigenvalue weighted by molar-refractivity contribution is 7.89. The van der Waals surface area contributed by atoms with Crippen molar-refractivity contribution in [2.75, 3.05) is 13.2 Å². The van der Waals surface area contributed by atoms with Crippen molar-refractivity contribution in [1.82, 2.24) is 4.31 Å². The largest absolute Gasteiger partial charge is 0.395 e. The third kappa shape index (κ3) is 2.68. The van der Waals surface area contributed by atoms with Gasteiger partial charge < -0.3 is 5.11 Å². The van der Waals surface area contributed by atoms with Gasteiger partial charge in [0, 0.05) is 24.7 Å². The molecule has 4 nitrogen and oxygen atoms in total. The molecule has 1 N–H and O–H groups in total. The Labute approximate surface area is 114 Å². The molecule has 0 amide bonds. The summed E-state index contributed by atoms with van der Waals surface area (Å²) in [5.74, 6) is -4.12. The second-order valence-corrected chi connectivity index (χ2v) is 6.47. The molecule has 0 aliphatic carbocycles. The van der Waals surface area contributed by atoms with Gasteiger partial charge in [-0.05, 0) is 12.8 Å². The van der Waals surface area contributed by atoms with Crippen molar-refractivity contribution >= 4 is 10.0 Å². The molecule has 2 rings (SSSR count). The Morgan fingerprint density at radius 3 is 2.35 bits per heavy atom. The van der Waals surface area contributed by atoms with Gasteiger partial charge in [0.2, 0.25) is 10.0 Å². The van der Waals surface area contributed by atoms with E-state index in [0.29, 0.717) is 25.0 Å². The van der Waals surface area contributed by atoms with Crippen molar-refractivity contribution < 1.29 is 26.7 Å². The van der Waals surface area contributed by atoms with Crippen LogP contribution in [0.3, 0.4) is 0 Å². The van der Waals surface area contributed by atoms with Crippen LogP contribution in [0.1, 0.15) is 19.3 Å². The van der Waals surface area contributed by atoms with Crippen LogP contribution in [0.2, 0.25) is 0 Å². The second-order valence-electron chi connectivity index (χ2n) is 4.65. The molecule has 112 valence electrons. The molecule has 0 saturated carbocycles. The first-order valence-corrected chi connectivity index (χ1v) is 7.59. The van der Waals surface area contributed by atoms with Gasteiger partial charge in [0.15, 0.2) is 4.90 Å². The van der Waals surface area contributed by atoms with Crippen LogP contribution in [0.5, 0.6) is 0 Å². The minimum absolute atomic E-state index is 0.0732. The smallest absolute Gasteiger partial charge is 0.249 e. The summed E-state index contributed by atoms with van der Waals surface area (Å²) in [5.41, 5.74) is 0. The van der Waals surface area contributed by atoms with Crippen molar-refractivity contribution in [3.63, 3.8) is 0 Å². The molecular formula is C12H14F3NO3S. The molecule has 1 atom stereocenters. The molecule has 1 aliphatic rings. The Morgan fingerprint density at radius 2 is 1.80 bits per heavy atom. The fourth-order valence-electron chi connectivity index (χ4n) is 2.37. The number of hydrogen-bond donors (Lipinski definition) is 1. The Kier molecular flexibility index (Phi) is 4.36. The molecule has 1 aromatic rings. The van der Waals surface area contributed by atoms with E-state index in [0.717, 1.165) is 10.7 Å². The lowest BCUT2D eigenvalue weighted by molar-refractivity contribution is 0.154. The summed E-state index contributed by atoms with van der Waals surface area (Å²) in [6.45, 7) is -0.354. The van der Waals surface area contributed by atoms with E-state index in [-0.39, 0.29) is 6.54 Å². The van der Waals surface area contributed by atoms with Crippen LogP contribution in [0, 0.1) is 17.5 Å². The summed E-state index contributed by atoms with van der Waals surface area (Å²) in [4.78, 5) is -1.17. The number of piperidine rings is 1. The number of benzene rings is 1. The molecule has 0 bridgehead atoms. The monoisotopic (exact) mass is 309 g/mol. The highest BCUT2D eigenvalue weighted by atomic mass is 32.2. The Balaban J connectivity index is 2.49. The summed E-state index contributed by atoms with van der Waals surface area (Å²) in [6, 6.07) is -0.0561. The third-order valence-corrected chi connectivity index (χ3v) is 5.32. The van der Waals surface area contributed by atoms with E-state index in [9.17, 15) is 26.7 Å². The maximum absolute atomic E-state index is 13.6. The molecule has 1 aliphatic heterocycles. The van der Waals surface area contributed by atoms with Crippen molar-refractivity contribution in [1.29, 1.82) is 0 Å². The number of halogens is 3. The van der Waals surface area contributed by atoms with Gasteiger partial charge in [-0.25, -0.2) is 21.6 Å². The second kappa shape index (κ2) is 5.71. The maximum Gasteiger partial charge on any atom is 0.249 e. The molecule has 1 aromatic carbocycles. The van der Waals surface area contributed by atoms with Gasteiger partial charge in [-0.1, -0.05) is 6.42 Å². The summed E-state index contributed by atoms with van der Waals surface area (Å²) in [7, 11) is -4.44. The zero-order valence-corrected chi connectivity index (χ0v) is 11.3. The summed E-state index contributed by atoms with van der Waals surface area (Å²) >= 11 is 0. The van der Waals surface area contributed by atoms with Crippen LogP contribution in [-0.2, 0) is 10.0 Å². The third-order valence-electron chi connectivity index (χ3n) is 3.31. The average molecular weight is 309 g/mol. The molecule has 8 heteroatoms. The summed E-state index contributed by atoms with van der Waals surface area (Å²) in [6.07, 6.45) is 1.69. The first-order chi connectivity index (χ1) is 9.37. The number of rotatable bonds is 3. The van der Waals surface area contributed by atoms with E-state index >= 15 is 0 Å². The quantitative estimate of drug-likeness (QED) is 0.923. The predicted molar refractivity (Wildman–Crippen MR) is 64.9 cm³/mol. The van der Waals surface area contributed by atoms with Gasteiger partial charge in [-0.15, -0.1) is 0 Å². The Bertz CT molecular complexity index is 583. The molecule has 0 radical (unpaired) electrons. The van der Waals surface area contributed by atoms with Gasteiger partial charge in [-0.2, -0.15) is 4.31 Å². The maximum atomic E-state index is 13.6. The fourth-order valence-corrected chi connectivity index (χ4v) is 4.14.